The molecule has 0 bridgehead atoms. The van der Waals surface area contributed by atoms with E-state index in [9.17, 15) is 0 Å². The monoisotopic (exact) mass is 343 g/mol. The second-order valence-electron chi connectivity index (χ2n) is 4.86. The van der Waals surface area contributed by atoms with Gasteiger partial charge in [0.2, 0.25) is 0 Å². The van der Waals surface area contributed by atoms with Crippen LogP contribution < -0.4 is 10.1 Å². The fourth-order valence-corrected chi connectivity index (χ4v) is 3.20. The highest BCUT2D eigenvalue weighted by atomic mass is 35.5. The summed E-state index contributed by atoms with van der Waals surface area (Å²) in [6.45, 7) is 5.77. The van der Waals surface area contributed by atoms with E-state index in [0.29, 0.717) is 17.4 Å². The molecule has 114 valence electrons. The first kappa shape index (κ1) is 16.6. The van der Waals surface area contributed by atoms with Crippen molar-refractivity contribution >= 4 is 34.5 Å². The van der Waals surface area contributed by atoms with Crippen molar-refractivity contribution in [1.29, 1.82) is 0 Å². The van der Waals surface area contributed by atoms with Crippen molar-refractivity contribution in [2.45, 2.75) is 32.9 Å². The molecule has 0 spiro atoms. The van der Waals surface area contributed by atoms with Crippen LogP contribution in [0.3, 0.4) is 0 Å². The summed E-state index contributed by atoms with van der Waals surface area (Å²) in [5.41, 5.74) is 1.17. The Morgan fingerprint density at radius 1 is 1.24 bits per heavy atom. The fourth-order valence-electron chi connectivity index (χ4n) is 1.96. The Morgan fingerprint density at radius 2 is 2.05 bits per heavy atom. The molecule has 1 unspecified atom stereocenters. The first-order valence-corrected chi connectivity index (χ1v) is 8.57. The van der Waals surface area contributed by atoms with Gasteiger partial charge in [0.05, 0.1) is 9.36 Å². The summed E-state index contributed by atoms with van der Waals surface area (Å²) >= 11 is 13.7. The van der Waals surface area contributed by atoms with E-state index in [0.717, 1.165) is 22.2 Å². The first-order valence-electron chi connectivity index (χ1n) is 7.00. The molecule has 0 aliphatic rings. The molecule has 1 N–H and O–H groups in total. The standard InChI is InChI=1S/C16H19Cl2NOS/c1-3-8-19-11(2)12-4-6-15(14(17)9-12)20-10-13-5-7-16(18)21-13/h4-7,9,11,19H,3,8,10H2,1-2H3. The van der Waals surface area contributed by atoms with E-state index in [-0.39, 0.29) is 6.04 Å². The lowest BCUT2D eigenvalue weighted by Gasteiger charge is -2.15. The topological polar surface area (TPSA) is 21.3 Å². The summed E-state index contributed by atoms with van der Waals surface area (Å²) < 4.78 is 6.52. The number of nitrogens with one attached hydrogen (secondary N) is 1. The first-order chi connectivity index (χ1) is 10.1. The van der Waals surface area contributed by atoms with Gasteiger partial charge < -0.3 is 10.1 Å². The number of halogens is 2. The predicted octanol–water partition coefficient (Wildman–Crippen LogP) is 5.69. The molecule has 0 radical (unpaired) electrons. The fraction of sp³-hybridized carbons (Fsp3) is 0.375. The van der Waals surface area contributed by atoms with E-state index >= 15 is 0 Å². The molecule has 1 aromatic heterocycles. The van der Waals surface area contributed by atoms with Crippen molar-refractivity contribution in [1.82, 2.24) is 5.32 Å². The number of ether oxygens (including phenoxy) is 1. The van der Waals surface area contributed by atoms with Crippen LogP contribution in [0.1, 0.15) is 36.8 Å². The second-order valence-corrected chi connectivity index (χ2v) is 7.07. The van der Waals surface area contributed by atoms with Gasteiger partial charge in [0.25, 0.3) is 0 Å². The average Bonchev–Trinajstić information content (AvgIpc) is 2.89. The molecule has 0 aliphatic heterocycles. The average molecular weight is 344 g/mol. The zero-order valence-corrected chi connectivity index (χ0v) is 14.5. The Balaban J connectivity index is 1.98. The highest BCUT2D eigenvalue weighted by Gasteiger charge is 2.09. The summed E-state index contributed by atoms with van der Waals surface area (Å²) in [5, 5.41) is 4.08. The maximum Gasteiger partial charge on any atom is 0.138 e. The zero-order chi connectivity index (χ0) is 15.2. The zero-order valence-electron chi connectivity index (χ0n) is 12.2. The van der Waals surface area contributed by atoms with Crippen molar-refractivity contribution < 1.29 is 4.74 Å². The Labute approximate surface area is 140 Å². The third-order valence-corrected chi connectivity index (χ3v) is 4.66. The number of hydrogen-bond donors (Lipinski definition) is 1. The number of thiophene rings is 1. The lowest BCUT2D eigenvalue weighted by molar-refractivity contribution is 0.310. The minimum absolute atomic E-state index is 0.285. The van der Waals surface area contributed by atoms with Crippen LogP contribution in [0.5, 0.6) is 5.75 Å². The molecule has 0 aliphatic carbocycles. The highest BCUT2D eigenvalue weighted by Crippen LogP contribution is 2.30. The van der Waals surface area contributed by atoms with Gasteiger partial charge in [0, 0.05) is 10.9 Å². The smallest absolute Gasteiger partial charge is 0.138 e. The normalized spacial score (nSPS) is 12.4. The minimum Gasteiger partial charge on any atom is -0.487 e. The van der Waals surface area contributed by atoms with Gasteiger partial charge >= 0.3 is 0 Å². The van der Waals surface area contributed by atoms with Gasteiger partial charge in [0.15, 0.2) is 0 Å². The molecule has 0 fully saturated rings. The van der Waals surface area contributed by atoms with Gasteiger partial charge in [0.1, 0.15) is 12.4 Å². The van der Waals surface area contributed by atoms with Crippen molar-refractivity contribution in [3.8, 4) is 5.75 Å². The van der Waals surface area contributed by atoms with Crippen LogP contribution in [0.15, 0.2) is 30.3 Å². The highest BCUT2D eigenvalue weighted by molar-refractivity contribution is 7.16. The van der Waals surface area contributed by atoms with Gasteiger partial charge in [-0.1, -0.05) is 36.2 Å². The lowest BCUT2D eigenvalue weighted by Crippen LogP contribution is -2.19. The number of benzene rings is 1. The van der Waals surface area contributed by atoms with Crippen molar-refractivity contribution in [3.63, 3.8) is 0 Å². The van der Waals surface area contributed by atoms with E-state index in [2.05, 4.69) is 25.2 Å². The van der Waals surface area contributed by atoms with Gasteiger partial charge in [-0.25, -0.2) is 0 Å². The van der Waals surface area contributed by atoms with Gasteiger partial charge in [-0.2, -0.15) is 0 Å². The molecular weight excluding hydrogens is 325 g/mol. The van der Waals surface area contributed by atoms with Gasteiger partial charge in [-0.15, -0.1) is 11.3 Å². The van der Waals surface area contributed by atoms with Crippen LogP contribution in [-0.4, -0.2) is 6.54 Å². The number of hydrogen-bond acceptors (Lipinski definition) is 3. The molecule has 0 amide bonds. The van der Waals surface area contributed by atoms with Crippen LogP contribution in [0, 0.1) is 0 Å². The summed E-state index contributed by atoms with van der Waals surface area (Å²) in [4.78, 5) is 1.08. The summed E-state index contributed by atoms with van der Waals surface area (Å²) in [5.74, 6) is 0.702. The summed E-state index contributed by atoms with van der Waals surface area (Å²) in [6.07, 6.45) is 1.11. The Kier molecular flexibility index (Phi) is 6.37. The third kappa shape index (κ3) is 4.89. The Bertz CT molecular complexity index is 585. The molecule has 5 heteroatoms. The van der Waals surface area contributed by atoms with Crippen molar-refractivity contribution in [2.75, 3.05) is 6.54 Å². The third-order valence-electron chi connectivity index (χ3n) is 3.16. The Morgan fingerprint density at radius 3 is 2.67 bits per heavy atom. The van der Waals surface area contributed by atoms with E-state index in [1.54, 1.807) is 0 Å². The van der Waals surface area contributed by atoms with Gasteiger partial charge in [-0.3, -0.25) is 0 Å². The van der Waals surface area contributed by atoms with Crippen molar-refractivity contribution in [3.05, 3.63) is 50.1 Å². The molecule has 2 nitrogen and oxygen atoms in total. The lowest BCUT2D eigenvalue weighted by atomic mass is 10.1. The van der Waals surface area contributed by atoms with Crippen LogP contribution >= 0.6 is 34.5 Å². The van der Waals surface area contributed by atoms with Crippen LogP contribution in [0.25, 0.3) is 0 Å². The Hall–Kier alpha value is -0.740. The molecule has 1 aromatic carbocycles. The van der Waals surface area contributed by atoms with Crippen molar-refractivity contribution in [2.24, 2.45) is 0 Å². The molecule has 1 atom stereocenters. The number of rotatable bonds is 7. The van der Waals surface area contributed by atoms with E-state index in [4.69, 9.17) is 27.9 Å². The second kappa shape index (κ2) is 8.04. The van der Waals surface area contributed by atoms with Gasteiger partial charge in [-0.05, 0) is 49.7 Å². The summed E-state index contributed by atoms with van der Waals surface area (Å²) in [7, 11) is 0. The van der Waals surface area contributed by atoms with Crippen LogP contribution in [-0.2, 0) is 6.61 Å². The molecule has 2 aromatic rings. The molecule has 21 heavy (non-hydrogen) atoms. The van der Waals surface area contributed by atoms with E-state index in [1.807, 2.05) is 24.3 Å². The SMILES string of the molecule is CCCNC(C)c1ccc(OCc2ccc(Cl)s2)c(Cl)c1. The quantitative estimate of drug-likeness (QED) is 0.696. The molecule has 1 heterocycles. The minimum atomic E-state index is 0.285. The predicted molar refractivity (Wildman–Crippen MR) is 91.8 cm³/mol. The van der Waals surface area contributed by atoms with Crippen LogP contribution in [0.4, 0.5) is 0 Å². The van der Waals surface area contributed by atoms with E-state index in [1.165, 1.54) is 16.9 Å². The molecule has 0 saturated carbocycles. The maximum atomic E-state index is 6.30. The molecule has 0 saturated heterocycles. The molecule has 2 rings (SSSR count). The summed E-state index contributed by atoms with van der Waals surface area (Å²) in [6, 6.07) is 10.1. The molecular formula is C16H19Cl2NOS. The van der Waals surface area contributed by atoms with Crippen LogP contribution in [0.2, 0.25) is 9.36 Å². The largest absolute Gasteiger partial charge is 0.487 e. The van der Waals surface area contributed by atoms with E-state index < -0.39 is 0 Å². The maximum absolute atomic E-state index is 6.30.